The number of hydrogen-bond acceptors (Lipinski definition) is 5. The number of rotatable bonds is 6. The van der Waals surface area contributed by atoms with Crippen LogP contribution >= 0.6 is 11.6 Å². The zero-order valence-electron chi connectivity index (χ0n) is 7.59. The molecule has 0 aliphatic heterocycles. The van der Waals surface area contributed by atoms with Crippen LogP contribution in [0.25, 0.3) is 0 Å². The first-order chi connectivity index (χ1) is 7.06. The fraction of sp³-hybridized carbons (Fsp3) is 0.667. The molecule has 15 heavy (non-hydrogen) atoms. The maximum atomic E-state index is 11.1. The highest BCUT2D eigenvalue weighted by Gasteiger charge is 2.22. The second-order valence-electron chi connectivity index (χ2n) is 2.42. The molecule has 1 atom stereocenters. The van der Waals surface area contributed by atoms with E-state index in [4.69, 9.17) is 21.8 Å². The van der Waals surface area contributed by atoms with Crippen molar-refractivity contribution in [3.63, 3.8) is 0 Å². The van der Waals surface area contributed by atoms with E-state index in [1.165, 1.54) is 0 Å². The van der Waals surface area contributed by atoms with E-state index in [0.29, 0.717) is 5.01 Å². The number of amides is 2. The van der Waals surface area contributed by atoms with Gasteiger partial charge in [0.05, 0.1) is 18.4 Å². The molecule has 0 saturated heterocycles. The van der Waals surface area contributed by atoms with E-state index in [0.717, 1.165) is 0 Å². The predicted octanol–water partition coefficient (Wildman–Crippen LogP) is -0.636. The van der Waals surface area contributed by atoms with Gasteiger partial charge in [0, 0.05) is 5.88 Å². The third-order valence-corrected chi connectivity index (χ3v) is 1.58. The van der Waals surface area contributed by atoms with Crippen LogP contribution in [0.15, 0.2) is 5.29 Å². The van der Waals surface area contributed by atoms with E-state index in [1.54, 1.807) is 0 Å². The van der Waals surface area contributed by atoms with E-state index >= 15 is 0 Å². The molecule has 0 aromatic carbocycles. The summed E-state index contributed by atoms with van der Waals surface area (Å²) < 4.78 is 0. The van der Waals surface area contributed by atoms with E-state index < -0.39 is 24.6 Å². The molecule has 0 unspecified atom stereocenters. The first-order valence-electron chi connectivity index (χ1n) is 3.87. The quantitative estimate of drug-likeness (QED) is 0.324. The highest BCUT2D eigenvalue weighted by atomic mass is 35.5. The fourth-order valence-electron chi connectivity index (χ4n) is 0.669. The van der Waals surface area contributed by atoms with Gasteiger partial charge in [-0.05, 0) is 0 Å². The van der Waals surface area contributed by atoms with E-state index in [1.807, 2.05) is 5.32 Å². The molecule has 86 valence electrons. The van der Waals surface area contributed by atoms with E-state index in [-0.39, 0.29) is 12.4 Å². The van der Waals surface area contributed by atoms with Crippen molar-refractivity contribution in [2.45, 2.75) is 6.04 Å². The summed E-state index contributed by atoms with van der Waals surface area (Å²) >= 11 is 5.27. The fourth-order valence-corrected chi connectivity index (χ4v) is 0.829. The first kappa shape index (κ1) is 13.6. The van der Waals surface area contributed by atoms with Gasteiger partial charge in [-0.15, -0.1) is 16.5 Å². The number of nitrogens with zero attached hydrogens (tertiary/aromatic N) is 2. The van der Waals surface area contributed by atoms with Gasteiger partial charge in [-0.2, -0.15) is 5.01 Å². The van der Waals surface area contributed by atoms with Crippen molar-refractivity contribution in [3.8, 4) is 0 Å². The number of carboxylic acid groups (broad SMARTS) is 1. The Hall–Kier alpha value is -1.41. The van der Waals surface area contributed by atoms with Crippen LogP contribution < -0.4 is 5.32 Å². The Morgan fingerprint density at radius 1 is 1.53 bits per heavy atom. The number of alkyl halides is 1. The van der Waals surface area contributed by atoms with Crippen LogP contribution in [0.3, 0.4) is 0 Å². The van der Waals surface area contributed by atoms with Gasteiger partial charge in [-0.1, -0.05) is 0 Å². The lowest BCUT2D eigenvalue weighted by Gasteiger charge is -2.16. The lowest BCUT2D eigenvalue weighted by Crippen LogP contribution is -2.48. The van der Waals surface area contributed by atoms with Crippen LogP contribution in [-0.4, -0.2) is 52.3 Å². The zero-order chi connectivity index (χ0) is 11.8. The van der Waals surface area contributed by atoms with Crippen LogP contribution in [0.5, 0.6) is 0 Å². The minimum Gasteiger partial charge on any atom is -0.480 e. The standard InChI is InChI=1S/C6H10ClN3O5/c7-1-2-10(9-15)6(14)8-4(3-11)5(12)13/h4,11H,1-3H2,(H,8,14)(H,12,13)/t4-/m0/s1. The molecular weight excluding hydrogens is 230 g/mol. The normalized spacial score (nSPS) is 11.6. The van der Waals surface area contributed by atoms with Gasteiger partial charge in [0.15, 0.2) is 6.04 Å². The molecule has 3 N–H and O–H groups in total. The summed E-state index contributed by atoms with van der Waals surface area (Å²) in [6.07, 6.45) is 0. The molecular formula is C6H10ClN3O5. The van der Waals surface area contributed by atoms with Crippen molar-refractivity contribution in [2.75, 3.05) is 19.0 Å². The van der Waals surface area contributed by atoms with Crippen LogP contribution in [0.4, 0.5) is 4.79 Å². The number of hydrogen-bond donors (Lipinski definition) is 3. The summed E-state index contributed by atoms with van der Waals surface area (Å²) in [7, 11) is 0. The third kappa shape index (κ3) is 4.56. The molecule has 0 aromatic heterocycles. The number of nitrogens with one attached hydrogen (secondary N) is 1. The number of carbonyl (C=O) groups excluding carboxylic acids is 1. The van der Waals surface area contributed by atoms with E-state index in [2.05, 4.69) is 5.29 Å². The Morgan fingerprint density at radius 2 is 2.13 bits per heavy atom. The summed E-state index contributed by atoms with van der Waals surface area (Å²) in [5.41, 5.74) is 0. The molecule has 0 saturated carbocycles. The third-order valence-electron chi connectivity index (χ3n) is 1.41. The van der Waals surface area contributed by atoms with Gasteiger partial charge in [-0.3, -0.25) is 0 Å². The topological polar surface area (TPSA) is 119 Å². The lowest BCUT2D eigenvalue weighted by atomic mass is 10.3. The van der Waals surface area contributed by atoms with Gasteiger partial charge in [0.1, 0.15) is 0 Å². The Morgan fingerprint density at radius 3 is 2.47 bits per heavy atom. The molecule has 0 rings (SSSR count). The van der Waals surface area contributed by atoms with Crippen molar-refractivity contribution in [2.24, 2.45) is 5.29 Å². The Labute approximate surface area is 89.8 Å². The van der Waals surface area contributed by atoms with Gasteiger partial charge in [0.2, 0.25) is 0 Å². The lowest BCUT2D eigenvalue weighted by molar-refractivity contribution is -0.140. The van der Waals surface area contributed by atoms with Crippen molar-refractivity contribution < 1.29 is 19.8 Å². The first-order valence-corrected chi connectivity index (χ1v) is 4.41. The Kier molecular flexibility index (Phi) is 6.30. The van der Waals surface area contributed by atoms with Gasteiger partial charge in [0.25, 0.3) is 0 Å². The summed E-state index contributed by atoms with van der Waals surface area (Å²) in [4.78, 5) is 31.7. The SMILES string of the molecule is O=NN(CCCl)C(=O)N[C@@H](CO)C(=O)O. The van der Waals surface area contributed by atoms with Crippen molar-refractivity contribution in [1.29, 1.82) is 0 Å². The number of carbonyl (C=O) groups is 2. The van der Waals surface area contributed by atoms with E-state index in [9.17, 15) is 14.5 Å². The average Bonchev–Trinajstić information content (AvgIpc) is 2.21. The zero-order valence-corrected chi connectivity index (χ0v) is 8.35. The van der Waals surface area contributed by atoms with Crippen LogP contribution in [0.1, 0.15) is 0 Å². The Bertz CT molecular complexity index is 249. The minimum atomic E-state index is -1.47. The number of aliphatic hydroxyl groups is 1. The summed E-state index contributed by atoms with van der Waals surface area (Å²) in [5, 5.41) is 21.7. The summed E-state index contributed by atoms with van der Waals surface area (Å²) in [5.74, 6) is -1.43. The number of aliphatic carboxylic acids is 1. The molecule has 0 aliphatic carbocycles. The molecule has 0 spiro atoms. The summed E-state index contributed by atoms with van der Waals surface area (Å²) in [6.45, 7) is -0.927. The molecule has 9 heteroatoms. The average molecular weight is 240 g/mol. The maximum Gasteiger partial charge on any atom is 0.341 e. The number of nitroso groups, excluding NO2 is 1. The van der Waals surface area contributed by atoms with Crippen molar-refractivity contribution >= 4 is 23.6 Å². The monoisotopic (exact) mass is 239 g/mol. The summed E-state index contributed by atoms with van der Waals surface area (Å²) in [6, 6.07) is -2.50. The molecule has 0 bridgehead atoms. The number of aliphatic hydroxyl groups excluding tert-OH is 1. The second-order valence-corrected chi connectivity index (χ2v) is 2.79. The molecule has 0 radical (unpaired) electrons. The van der Waals surface area contributed by atoms with Gasteiger partial charge < -0.3 is 15.5 Å². The van der Waals surface area contributed by atoms with Crippen molar-refractivity contribution in [1.82, 2.24) is 10.3 Å². The number of urea groups is 1. The molecule has 0 aromatic rings. The van der Waals surface area contributed by atoms with Crippen LogP contribution in [0.2, 0.25) is 0 Å². The highest BCUT2D eigenvalue weighted by Crippen LogP contribution is 1.94. The predicted molar refractivity (Wildman–Crippen MR) is 50.3 cm³/mol. The largest absolute Gasteiger partial charge is 0.480 e. The molecule has 8 nitrogen and oxygen atoms in total. The van der Waals surface area contributed by atoms with Gasteiger partial charge >= 0.3 is 12.0 Å². The Balaban J connectivity index is 4.30. The van der Waals surface area contributed by atoms with Gasteiger partial charge in [-0.25, -0.2) is 9.59 Å². The molecule has 0 fully saturated rings. The van der Waals surface area contributed by atoms with Crippen LogP contribution in [-0.2, 0) is 4.79 Å². The number of halogens is 1. The molecule has 0 aliphatic rings. The molecule has 2 amide bonds. The molecule has 0 heterocycles. The smallest absolute Gasteiger partial charge is 0.341 e. The maximum absolute atomic E-state index is 11.1. The van der Waals surface area contributed by atoms with Crippen molar-refractivity contribution in [3.05, 3.63) is 4.91 Å². The van der Waals surface area contributed by atoms with Crippen LogP contribution in [0, 0.1) is 4.91 Å². The second kappa shape index (κ2) is 6.96. The number of carboxylic acids is 1. The minimum absolute atomic E-state index is 0.0178. The highest BCUT2D eigenvalue weighted by molar-refractivity contribution is 6.18.